The normalized spacial score (nSPS) is 16.8. The molecule has 1 aromatic heterocycles. The summed E-state index contributed by atoms with van der Waals surface area (Å²) in [5, 5.41) is 4.20. The Morgan fingerprint density at radius 3 is 2.61 bits per heavy atom. The molecule has 0 amide bonds. The number of hydrogen-bond acceptors (Lipinski definition) is 2. The molecule has 0 bridgehead atoms. The Kier molecular flexibility index (Phi) is 7.03. The molecule has 152 valence electrons. The second-order valence-corrected chi connectivity index (χ2v) is 7.98. The van der Waals surface area contributed by atoms with Crippen molar-refractivity contribution in [2.24, 2.45) is 12.0 Å². The van der Waals surface area contributed by atoms with Crippen molar-refractivity contribution in [2.75, 3.05) is 33.4 Å². The minimum absolute atomic E-state index is 0.0370. The van der Waals surface area contributed by atoms with Gasteiger partial charge in [0.05, 0.1) is 18.1 Å². The molecule has 0 spiro atoms. The quantitative estimate of drug-likeness (QED) is 0.589. The second-order valence-electron chi connectivity index (χ2n) is 7.55. The maximum Gasteiger partial charge on any atom is 0.194 e. The summed E-state index contributed by atoms with van der Waals surface area (Å²) in [5.41, 5.74) is 2.55. The fraction of sp³-hybridized carbons (Fsp3) is 0.500. The highest BCUT2D eigenvalue weighted by atomic mass is 35.5. The number of nitrogens with one attached hydrogen (secondary N) is 1. The molecule has 2 heterocycles. The van der Waals surface area contributed by atoms with Crippen molar-refractivity contribution in [3.63, 3.8) is 0 Å². The molecule has 6 heteroatoms. The first-order valence-corrected chi connectivity index (χ1v) is 10.4. The first-order valence-electron chi connectivity index (χ1n) is 9.97. The second kappa shape index (κ2) is 9.48. The van der Waals surface area contributed by atoms with Crippen molar-refractivity contribution in [1.29, 1.82) is 0 Å². The van der Waals surface area contributed by atoms with E-state index in [-0.39, 0.29) is 5.41 Å². The number of aromatic nitrogens is 1. The minimum Gasteiger partial charge on any atom is -0.381 e. The fourth-order valence-electron chi connectivity index (χ4n) is 3.83. The number of halogens is 1. The van der Waals surface area contributed by atoms with E-state index in [2.05, 4.69) is 59.1 Å². The van der Waals surface area contributed by atoms with Gasteiger partial charge in [-0.2, -0.15) is 0 Å². The minimum atomic E-state index is 0.0370. The van der Waals surface area contributed by atoms with Gasteiger partial charge in [-0.3, -0.25) is 4.99 Å². The van der Waals surface area contributed by atoms with Crippen LogP contribution in [-0.4, -0.2) is 48.8 Å². The van der Waals surface area contributed by atoms with Crippen molar-refractivity contribution < 1.29 is 4.74 Å². The number of aliphatic imine (C=N–C) groups is 1. The van der Waals surface area contributed by atoms with Gasteiger partial charge in [0, 0.05) is 51.2 Å². The third-order valence-electron chi connectivity index (χ3n) is 5.54. The van der Waals surface area contributed by atoms with E-state index in [0.717, 1.165) is 62.4 Å². The molecule has 0 saturated carbocycles. The third kappa shape index (κ3) is 4.89. The first kappa shape index (κ1) is 20.7. The molecular formula is C22H31ClN4O. The van der Waals surface area contributed by atoms with Crippen LogP contribution in [-0.2, 0) is 23.7 Å². The summed E-state index contributed by atoms with van der Waals surface area (Å²) in [5.74, 6) is 0.918. The van der Waals surface area contributed by atoms with Gasteiger partial charge in [0.2, 0.25) is 0 Å². The molecular weight excluding hydrogens is 372 g/mol. The van der Waals surface area contributed by atoms with Gasteiger partial charge in [0.1, 0.15) is 0 Å². The summed E-state index contributed by atoms with van der Waals surface area (Å²) in [7, 11) is 4.09. The van der Waals surface area contributed by atoms with E-state index in [9.17, 15) is 0 Å². The molecule has 2 aromatic rings. The van der Waals surface area contributed by atoms with Gasteiger partial charge in [-0.15, -0.1) is 0 Å². The monoisotopic (exact) mass is 402 g/mol. The lowest BCUT2D eigenvalue weighted by molar-refractivity contribution is 0.0530. The average Bonchev–Trinajstić information content (AvgIpc) is 3.03. The number of ether oxygens (including phenoxy) is 1. The maximum atomic E-state index is 6.14. The van der Waals surface area contributed by atoms with Crippen molar-refractivity contribution >= 4 is 17.6 Å². The molecule has 1 aromatic carbocycles. The third-order valence-corrected chi connectivity index (χ3v) is 5.74. The summed E-state index contributed by atoms with van der Waals surface area (Å²) in [4.78, 5) is 7.21. The molecule has 1 saturated heterocycles. The van der Waals surface area contributed by atoms with Crippen LogP contribution in [0.25, 0.3) is 0 Å². The van der Waals surface area contributed by atoms with Crippen LogP contribution < -0.4 is 5.32 Å². The van der Waals surface area contributed by atoms with E-state index in [4.69, 9.17) is 21.3 Å². The van der Waals surface area contributed by atoms with Crippen LogP contribution in [0.1, 0.15) is 31.0 Å². The Morgan fingerprint density at radius 1 is 1.29 bits per heavy atom. The molecule has 1 fully saturated rings. The van der Waals surface area contributed by atoms with Crippen LogP contribution in [0.5, 0.6) is 0 Å². The van der Waals surface area contributed by atoms with Gasteiger partial charge in [0.15, 0.2) is 5.96 Å². The highest BCUT2D eigenvalue weighted by Gasteiger charge is 2.34. The Labute approximate surface area is 173 Å². The van der Waals surface area contributed by atoms with Gasteiger partial charge in [-0.25, -0.2) is 0 Å². The number of benzene rings is 1. The molecule has 28 heavy (non-hydrogen) atoms. The summed E-state index contributed by atoms with van der Waals surface area (Å²) in [6.07, 6.45) is 3.93. The lowest BCUT2D eigenvalue weighted by Crippen LogP contribution is -2.42. The van der Waals surface area contributed by atoms with E-state index in [0.29, 0.717) is 0 Å². The fourth-order valence-corrected chi connectivity index (χ4v) is 4.10. The summed E-state index contributed by atoms with van der Waals surface area (Å²) < 4.78 is 7.71. The summed E-state index contributed by atoms with van der Waals surface area (Å²) in [6, 6.07) is 12.8. The van der Waals surface area contributed by atoms with Gasteiger partial charge in [-0.1, -0.05) is 41.9 Å². The van der Waals surface area contributed by atoms with Gasteiger partial charge < -0.3 is 19.5 Å². The lowest BCUT2D eigenvalue weighted by Gasteiger charge is -2.37. The van der Waals surface area contributed by atoms with E-state index >= 15 is 0 Å². The van der Waals surface area contributed by atoms with E-state index in [1.54, 1.807) is 0 Å². The van der Waals surface area contributed by atoms with Crippen molar-refractivity contribution in [2.45, 2.75) is 31.7 Å². The van der Waals surface area contributed by atoms with Gasteiger partial charge in [0.25, 0.3) is 0 Å². The van der Waals surface area contributed by atoms with Crippen LogP contribution in [0.2, 0.25) is 5.02 Å². The molecule has 0 radical (unpaired) electrons. The van der Waals surface area contributed by atoms with Crippen molar-refractivity contribution in [1.82, 2.24) is 14.8 Å². The molecule has 1 N–H and O–H groups in total. The van der Waals surface area contributed by atoms with E-state index in [1.165, 1.54) is 5.56 Å². The van der Waals surface area contributed by atoms with Gasteiger partial charge in [-0.05, 0) is 31.4 Å². The highest BCUT2D eigenvalue weighted by Crippen LogP contribution is 2.35. The molecule has 1 aliphatic heterocycles. The molecule has 1 aliphatic rings. The molecule has 3 rings (SSSR count). The first-order chi connectivity index (χ1) is 13.5. The van der Waals surface area contributed by atoms with Gasteiger partial charge >= 0.3 is 0 Å². The smallest absolute Gasteiger partial charge is 0.194 e. The highest BCUT2D eigenvalue weighted by molar-refractivity contribution is 6.30. The number of hydrogen-bond donors (Lipinski definition) is 1. The number of nitrogens with zero attached hydrogens (tertiary/aromatic N) is 3. The standard InChI is InChI=1S/C22H31ClN4O/c1-4-24-21(27(3)16-20-14-19(23)15-26(20)2)25-17-22(10-12-28-13-11-22)18-8-6-5-7-9-18/h5-9,14-15H,4,10-13,16-17H2,1-3H3,(H,24,25). The van der Waals surface area contributed by atoms with Crippen LogP contribution in [0.4, 0.5) is 0 Å². The predicted molar refractivity (Wildman–Crippen MR) is 116 cm³/mol. The number of aryl methyl sites for hydroxylation is 1. The molecule has 0 aliphatic carbocycles. The average molecular weight is 403 g/mol. The van der Waals surface area contributed by atoms with Crippen LogP contribution in [0.3, 0.4) is 0 Å². The van der Waals surface area contributed by atoms with E-state index < -0.39 is 0 Å². The molecule has 5 nitrogen and oxygen atoms in total. The van der Waals surface area contributed by atoms with Crippen molar-refractivity contribution in [3.05, 3.63) is 58.9 Å². The number of rotatable bonds is 6. The van der Waals surface area contributed by atoms with Crippen LogP contribution in [0.15, 0.2) is 47.6 Å². The zero-order valence-corrected chi connectivity index (χ0v) is 17.9. The Morgan fingerprint density at radius 2 is 2.00 bits per heavy atom. The SMILES string of the molecule is CCNC(=NCC1(c2ccccc2)CCOCC1)N(C)Cc1cc(Cl)cn1C. The lowest BCUT2D eigenvalue weighted by atomic mass is 9.74. The van der Waals surface area contributed by atoms with Crippen LogP contribution >= 0.6 is 11.6 Å². The predicted octanol–water partition coefficient (Wildman–Crippen LogP) is 3.82. The van der Waals surface area contributed by atoms with E-state index in [1.807, 2.05) is 19.3 Å². The maximum absolute atomic E-state index is 6.14. The van der Waals surface area contributed by atoms with Crippen LogP contribution in [0, 0.1) is 0 Å². The topological polar surface area (TPSA) is 41.8 Å². The zero-order chi connectivity index (χ0) is 20.0. The Balaban J connectivity index is 1.80. The summed E-state index contributed by atoms with van der Waals surface area (Å²) in [6.45, 7) is 6.01. The number of guanidine groups is 1. The molecule has 0 unspecified atom stereocenters. The summed E-state index contributed by atoms with van der Waals surface area (Å²) >= 11 is 6.14. The largest absolute Gasteiger partial charge is 0.381 e. The Bertz CT molecular complexity index is 781. The van der Waals surface area contributed by atoms with Crippen molar-refractivity contribution in [3.8, 4) is 0 Å². The Hall–Kier alpha value is -1.98. The molecule has 0 atom stereocenters. The zero-order valence-electron chi connectivity index (χ0n) is 17.1.